The summed E-state index contributed by atoms with van der Waals surface area (Å²) in [6, 6.07) is 0. The summed E-state index contributed by atoms with van der Waals surface area (Å²) in [4.78, 5) is 14.9. The normalized spacial score (nSPS) is 17.2. The third kappa shape index (κ3) is 2.55. The van der Waals surface area contributed by atoms with Crippen LogP contribution in [0, 0.1) is 0 Å². The molecule has 0 aromatic rings. The number of aliphatic hydroxyl groups excluding tert-OH is 2. The Bertz CT molecular complexity index is 258. The van der Waals surface area contributed by atoms with Gasteiger partial charge in [-0.15, -0.1) is 0 Å². The highest BCUT2D eigenvalue weighted by molar-refractivity contribution is 6.14. The van der Waals surface area contributed by atoms with Gasteiger partial charge in [0, 0.05) is 19.4 Å². The van der Waals surface area contributed by atoms with Crippen molar-refractivity contribution < 1.29 is 15.0 Å². The van der Waals surface area contributed by atoms with Crippen molar-refractivity contribution in [2.75, 3.05) is 19.7 Å². The molecule has 1 heterocycles. The molecule has 1 rings (SSSR count). The summed E-state index contributed by atoms with van der Waals surface area (Å²) in [5.41, 5.74) is 0.220. The van der Waals surface area contributed by atoms with Crippen LogP contribution in [-0.4, -0.2) is 42.0 Å². The smallest absolute Gasteiger partial charge is 0.256 e. The Morgan fingerprint density at radius 2 is 2.38 bits per heavy atom. The molecule has 1 amide bonds. The predicted molar refractivity (Wildman–Crippen MR) is 47.7 cm³/mol. The first kappa shape index (κ1) is 9.73. The summed E-state index contributed by atoms with van der Waals surface area (Å²) in [6.07, 6.45) is 1.90. The van der Waals surface area contributed by atoms with Crippen LogP contribution in [0.5, 0.6) is 0 Å². The molecule has 0 radical (unpaired) electrons. The van der Waals surface area contributed by atoms with E-state index in [9.17, 15) is 9.90 Å². The van der Waals surface area contributed by atoms with E-state index < -0.39 is 0 Å². The maximum absolute atomic E-state index is 11.0. The van der Waals surface area contributed by atoms with Crippen LogP contribution in [0.4, 0.5) is 0 Å². The summed E-state index contributed by atoms with van der Waals surface area (Å²) in [5.74, 6) is -0.275. The lowest BCUT2D eigenvalue weighted by atomic mass is 10.3. The van der Waals surface area contributed by atoms with Crippen LogP contribution in [-0.2, 0) is 4.79 Å². The fraction of sp³-hybridized carbons (Fsp3) is 0.500. The Labute approximate surface area is 75.8 Å². The molecule has 0 unspecified atom stereocenters. The van der Waals surface area contributed by atoms with Crippen LogP contribution >= 0.6 is 0 Å². The average Bonchev–Trinajstić information content (AvgIpc) is 2.42. The number of hydrogen-bond acceptors (Lipinski definition) is 4. The third-order valence-corrected chi connectivity index (χ3v) is 1.64. The second-order valence-electron chi connectivity index (χ2n) is 2.66. The number of nitrogens with zero attached hydrogens (tertiary/aromatic N) is 1. The van der Waals surface area contributed by atoms with Gasteiger partial charge >= 0.3 is 0 Å². The van der Waals surface area contributed by atoms with E-state index in [0.717, 1.165) is 0 Å². The molecule has 5 heteroatoms. The van der Waals surface area contributed by atoms with Crippen LogP contribution in [0.2, 0.25) is 0 Å². The lowest BCUT2D eigenvalue weighted by Crippen LogP contribution is -2.17. The Kier molecular flexibility index (Phi) is 3.45. The first-order valence-corrected chi connectivity index (χ1v) is 4.06. The van der Waals surface area contributed by atoms with Gasteiger partial charge in [-0.3, -0.25) is 9.79 Å². The number of aliphatic hydroxyl groups is 2. The van der Waals surface area contributed by atoms with Crippen molar-refractivity contribution in [1.82, 2.24) is 5.32 Å². The number of hydrogen-bond donors (Lipinski definition) is 3. The van der Waals surface area contributed by atoms with Gasteiger partial charge in [0.2, 0.25) is 0 Å². The highest BCUT2D eigenvalue weighted by Crippen LogP contribution is 2.05. The first-order chi connectivity index (χ1) is 6.25. The number of amides is 1. The molecular weight excluding hydrogens is 172 g/mol. The molecule has 0 spiro atoms. The lowest BCUT2D eigenvalue weighted by molar-refractivity contribution is -0.116. The van der Waals surface area contributed by atoms with Crippen molar-refractivity contribution in [1.29, 1.82) is 0 Å². The zero-order valence-electron chi connectivity index (χ0n) is 7.16. The molecule has 0 aliphatic carbocycles. The van der Waals surface area contributed by atoms with Gasteiger partial charge in [-0.1, -0.05) is 0 Å². The fourth-order valence-corrected chi connectivity index (χ4v) is 0.936. The Morgan fingerprint density at radius 1 is 1.62 bits per heavy atom. The number of nitrogens with one attached hydrogen (secondary N) is 1. The Morgan fingerprint density at radius 3 is 2.92 bits per heavy atom. The van der Waals surface area contributed by atoms with E-state index >= 15 is 0 Å². The number of aliphatic imine (C=N–C) groups is 1. The van der Waals surface area contributed by atoms with Crippen molar-refractivity contribution in [3.8, 4) is 0 Å². The zero-order valence-corrected chi connectivity index (χ0v) is 7.16. The third-order valence-electron chi connectivity index (χ3n) is 1.64. The standard InChI is InChI=1S/C8H12N2O3/c11-3-1-2-9-4-6-7(12)5-10-8(6)13/h4,11-12H,1-3,5H2,(H,10,13). The largest absolute Gasteiger partial charge is 0.510 e. The summed E-state index contributed by atoms with van der Waals surface area (Å²) in [6.45, 7) is 0.718. The van der Waals surface area contributed by atoms with Gasteiger partial charge in [-0.25, -0.2) is 0 Å². The fourth-order valence-electron chi connectivity index (χ4n) is 0.936. The van der Waals surface area contributed by atoms with E-state index in [1.54, 1.807) is 0 Å². The molecular formula is C8H12N2O3. The van der Waals surface area contributed by atoms with E-state index in [1.807, 2.05) is 0 Å². The van der Waals surface area contributed by atoms with Crippen LogP contribution in [0.3, 0.4) is 0 Å². The van der Waals surface area contributed by atoms with E-state index in [2.05, 4.69) is 10.3 Å². The Balaban J connectivity index is 2.47. The highest BCUT2D eigenvalue weighted by atomic mass is 16.3. The second kappa shape index (κ2) is 4.61. The molecule has 0 fully saturated rings. The van der Waals surface area contributed by atoms with E-state index in [1.165, 1.54) is 6.21 Å². The van der Waals surface area contributed by atoms with Gasteiger partial charge in [-0.2, -0.15) is 0 Å². The summed E-state index contributed by atoms with van der Waals surface area (Å²) >= 11 is 0. The minimum Gasteiger partial charge on any atom is -0.510 e. The molecule has 1 aliphatic heterocycles. The molecule has 1 aliphatic rings. The number of carbonyl (C=O) groups is 1. The average molecular weight is 184 g/mol. The topological polar surface area (TPSA) is 81.9 Å². The van der Waals surface area contributed by atoms with Crippen LogP contribution in [0.1, 0.15) is 6.42 Å². The van der Waals surface area contributed by atoms with Crippen LogP contribution in [0.25, 0.3) is 0 Å². The predicted octanol–water partition coefficient (Wildman–Crippen LogP) is -0.619. The van der Waals surface area contributed by atoms with Crippen molar-refractivity contribution in [2.45, 2.75) is 6.42 Å². The Hall–Kier alpha value is -1.36. The molecule has 0 saturated heterocycles. The van der Waals surface area contributed by atoms with Crippen molar-refractivity contribution in [3.63, 3.8) is 0 Å². The second-order valence-corrected chi connectivity index (χ2v) is 2.66. The summed E-state index contributed by atoms with van der Waals surface area (Å²) < 4.78 is 0. The number of rotatable bonds is 4. The minimum atomic E-state index is -0.301. The first-order valence-electron chi connectivity index (χ1n) is 4.06. The van der Waals surface area contributed by atoms with Gasteiger partial charge in [-0.05, 0) is 6.42 Å². The van der Waals surface area contributed by atoms with E-state index in [0.29, 0.717) is 13.0 Å². The molecule has 5 nitrogen and oxygen atoms in total. The van der Waals surface area contributed by atoms with E-state index in [4.69, 9.17) is 5.11 Å². The molecule has 72 valence electrons. The van der Waals surface area contributed by atoms with Gasteiger partial charge < -0.3 is 15.5 Å². The van der Waals surface area contributed by atoms with Gasteiger partial charge in [0.25, 0.3) is 5.91 Å². The summed E-state index contributed by atoms with van der Waals surface area (Å²) in [7, 11) is 0. The van der Waals surface area contributed by atoms with Gasteiger partial charge in [0.15, 0.2) is 0 Å². The number of carbonyl (C=O) groups excluding carboxylic acids is 1. The maximum atomic E-state index is 11.0. The van der Waals surface area contributed by atoms with E-state index in [-0.39, 0.29) is 30.4 Å². The molecule has 0 saturated carbocycles. The molecule has 0 aromatic carbocycles. The summed E-state index contributed by atoms with van der Waals surface area (Å²) in [5, 5.41) is 20.1. The quantitative estimate of drug-likeness (QED) is 0.402. The molecule has 0 aromatic heterocycles. The minimum absolute atomic E-state index is 0.0257. The van der Waals surface area contributed by atoms with Gasteiger partial charge in [0.1, 0.15) is 5.76 Å². The monoisotopic (exact) mass is 184 g/mol. The maximum Gasteiger partial charge on any atom is 0.256 e. The van der Waals surface area contributed by atoms with Gasteiger partial charge in [0.05, 0.1) is 12.1 Å². The van der Waals surface area contributed by atoms with Crippen molar-refractivity contribution in [2.24, 2.45) is 4.99 Å². The lowest BCUT2D eigenvalue weighted by Gasteiger charge is -1.91. The zero-order chi connectivity index (χ0) is 9.68. The molecule has 0 atom stereocenters. The van der Waals surface area contributed by atoms with Crippen molar-refractivity contribution >= 4 is 12.1 Å². The SMILES string of the molecule is O=C1NCC(O)=C1C=NCCCO. The highest BCUT2D eigenvalue weighted by Gasteiger charge is 2.19. The van der Waals surface area contributed by atoms with Crippen molar-refractivity contribution in [3.05, 3.63) is 11.3 Å². The molecule has 0 bridgehead atoms. The van der Waals surface area contributed by atoms with Crippen LogP contribution < -0.4 is 5.32 Å². The molecule has 13 heavy (non-hydrogen) atoms. The molecule has 3 N–H and O–H groups in total. The van der Waals surface area contributed by atoms with Crippen LogP contribution in [0.15, 0.2) is 16.3 Å².